The highest BCUT2D eigenvalue weighted by atomic mass is 32.2. The first-order valence-electron chi connectivity index (χ1n) is 14.7. The minimum atomic E-state index is -5.22. The molecule has 9 N–H and O–H groups in total. The fourth-order valence-corrected chi connectivity index (χ4v) is 7.46. The molecule has 3 heterocycles. The van der Waals surface area contributed by atoms with Gasteiger partial charge in [-0.15, -0.1) is 11.3 Å². The van der Waals surface area contributed by atoms with Gasteiger partial charge in [0.2, 0.25) is 21.1 Å². The summed E-state index contributed by atoms with van der Waals surface area (Å²) in [6.07, 6.45) is 1.35. The van der Waals surface area contributed by atoms with E-state index in [2.05, 4.69) is 25.5 Å². The number of nitrogens with one attached hydrogen (secondary N) is 3. The van der Waals surface area contributed by atoms with Crippen molar-refractivity contribution in [3.8, 4) is 5.75 Å². The largest absolute Gasteiger partial charge is 0.503 e. The van der Waals surface area contributed by atoms with Crippen molar-refractivity contribution in [1.82, 2.24) is 29.4 Å². The van der Waals surface area contributed by atoms with Crippen LogP contribution in [0, 0.1) is 0 Å². The van der Waals surface area contributed by atoms with E-state index in [1.165, 1.54) is 17.5 Å². The van der Waals surface area contributed by atoms with Gasteiger partial charge in [-0.2, -0.15) is 13.1 Å². The molecule has 52 heavy (non-hydrogen) atoms. The Morgan fingerprint density at radius 1 is 1.15 bits per heavy atom. The maximum Gasteiger partial charge on any atom is 0.362 e. The molecule has 2 aliphatic rings. The molecule has 25 heteroatoms. The molecule has 2 aromatic heterocycles. The molecule has 0 spiro atoms. The number of aromatic hydroxyl groups is 1. The van der Waals surface area contributed by atoms with Crippen LogP contribution in [0.2, 0.25) is 0 Å². The zero-order chi connectivity index (χ0) is 38.2. The summed E-state index contributed by atoms with van der Waals surface area (Å²) in [7, 11) is -9.60. The molecule has 1 saturated carbocycles. The number of nitrogen functional groups attached to an aromatic ring is 1. The predicted molar refractivity (Wildman–Crippen MR) is 175 cm³/mol. The average Bonchev–Trinajstić information content (AvgIpc) is 3.48. The van der Waals surface area contributed by atoms with Gasteiger partial charge in [0.15, 0.2) is 16.6 Å². The van der Waals surface area contributed by atoms with E-state index in [4.69, 9.17) is 10.6 Å². The number of thiazole rings is 1. The summed E-state index contributed by atoms with van der Waals surface area (Å²) in [4.78, 5) is 71.4. The average molecular weight is 785 g/mol. The zero-order valence-corrected chi connectivity index (χ0v) is 28.6. The van der Waals surface area contributed by atoms with Gasteiger partial charge in [-0.1, -0.05) is 11.2 Å². The third-order valence-corrected chi connectivity index (χ3v) is 11.0. The number of pyridine rings is 1. The molecule has 0 unspecified atom stereocenters. The molecule has 5 rings (SSSR count). The summed E-state index contributed by atoms with van der Waals surface area (Å²) in [5.74, 6) is -5.58. The minimum Gasteiger partial charge on any atom is -0.503 e. The summed E-state index contributed by atoms with van der Waals surface area (Å²) in [6, 6.07) is 1.90. The second-order valence-electron chi connectivity index (χ2n) is 11.3. The first-order chi connectivity index (χ1) is 24.3. The lowest BCUT2D eigenvalue weighted by atomic mass is 9.80. The highest BCUT2D eigenvalue weighted by molar-refractivity contribution is 7.89. The second kappa shape index (κ2) is 14.2. The molecule has 2 fully saturated rings. The number of carboxylic acid groups (broad SMARTS) is 1. The molecular weight excluding hydrogens is 757 g/mol. The first kappa shape index (κ1) is 37.6. The van der Waals surface area contributed by atoms with Gasteiger partial charge in [0.05, 0.1) is 29.4 Å². The topological polar surface area (TPSA) is 339 Å². The fourth-order valence-electron chi connectivity index (χ4n) is 4.99. The standard InChI is InChI=1S/C27H28N8O14S3/c28-26-31-16(12-50-26)20(33-49-27(25(41)42)5-2-6-27)23(39)32-21-17(35(24(21)40)52(46,47)48)10-29-22(38)13-3-1-4-15(7-13)51(44,45)30-9-14-8-18(36)19(37)11-34(14)43/h1,3-4,7-8,11-12,17,21,30,37,43H,2,5-6,9-10H2,(H2,28,31)(H,29,38)(H,32,39)(H,41,42)(H,46,47,48)/b33-20-/t17-,21+/m1/s1. The number of aliphatic carboxylic acids is 1. The molecule has 2 atom stereocenters. The molecule has 278 valence electrons. The molecule has 0 radical (unpaired) electrons. The number of oxime groups is 1. The van der Waals surface area contributed by atoms with Crippen molar-refractivity contribution < 1.29 is 60.8 Å². The van der Waals surface area contributed by atoms with Gasteiger partial charge >= 0.3 is 16.3 Å². The third kappa shape index (κ3) is 7.66. The molecule has 1 saturated heterocycles. The van der Waals surface area contributed by atoms with Gasteiger partial charge < -0.3 is 36.6 Å². The van der Waals surface area contributed by atoms with Crippen LogP contribution < -0.4 is 26.5 Å². The van der Waals surface area contributed by atoms with E-state index >= 15 is 0 Å². The number of rotatable bonds is 14. The number of hydrogen-bond donors (Lipinski definition) is 8. The number of hydrogen-bond acceptors (Lipinski definition) is 16. The molecule has 3 amide bonds. The summed E-state index contributed by atoms with van der Waals surface area (Å²) in [5, 5.41) is 38.3. The number of amides is 3. The van der Waals surface area contributed by atoms with E-state index < -0.39 is 96.6 Å². The molecule has 1 aromatic carbocycles. The van der Waals surface area contributed by atoms with Crippen molar-refractivity contribution >= 4 is 66.2 Å². The normalized spacial score (nSPS) is 18.5. The summed E-state index contributed by atoms with van der Waals surface area (Å²) >= 11 is 0.894. The van der Waals surface area contributed by atoms with E-state index in [-0.39, 0.29) is 39.2 Å². The highest BCUT2D eigenvalue weighted by Gasteiger charge is 2.54. The number of β-lactam (4-membered cyclic amide) rings is 1. The summed E-state index contributed by atoms with van der Waals surface area (Å²) < 4.78 is 62.0. The van der Waals surface area contributed by atoms with Gasteiger partial charge in [-0.05, 0) is 24.6 Å². The Labute approximate surface area is 296 Å². The minimum absolute atomic E-state index is 0.00493. The van der Waals surface area contributed by atoms with Crippen LogP contribution in [-0.2, 0) is 46.1 Å². The van der Waals surface area contributed by atoms with Gasteiger partial charge in [-0.3, -0.25) is 23.7 Å². The van der Waals surface area contributed by atoms with Crippen molar-refractivity contribution in [2.45, 2.75) is 48.4 Å². The lowest BCUT2D eigenvalue weighted by molar-refractivity contribution is -0.178. The Kier molecular flexibility index (Phi) is 10.3. The van der Waals surface area contributed by atoms with Gasteiger partial charge in [0.25, 0.3) is 17.7 Å². The smallest absolute Gasteiger partial charge is 0.362 e. The molecule has 3 aromatic rings. The van der Waals surface area contributed by atoms with E-state index in [1.54, 1.807) is 0 Å². The van der Waals surface area contributed by atoms with Gasteiger partial charge in [0.1, 0.15) is 11.7 Å². The predicted octanol–water partition coefficient (Wildman–Crippen LogP) is -2.04. The fraction of sp³-hybridized carbons (Fsp3) is 0.296. The highest BCUT2D eigenvalue weighted by Crippen LogP contribution is 2.36. The second-order valence-corrected chi connectivity index (χ2v) is 15.3. The number of sulfonamides is 1. The monoisotopic (exact) mass is 784 g/mol. The van der Waals surface area contributed by atoms with Crippen LogP contribution in [0.15, 0.2) is 56.8 Å². The summed E-state index contributed by atoms with van der Waals surface area (Å²) in [5.41, 5.74) is 1.79. The van der Waals surface area contributed by atoms with Crippen molar-refractivity contribution in [2.75, 3.05) is 12.3 Å². The molecular formula is C27H28N8O14S3. The third-order valence-electron chi connectivity index (χ3n) is 7.96. The number of benzene rings is 1. The lowest BCUT2D eigenvalue weighted by Gasteiger charge is -2.44. The first-order valence-corrected chi connectivity index (χ1v) is 18.4. The Morgan fingerprint density at radius 3 is 2.46 bits per heavy atom. The Bertz CT molecular complexity index is 2270. The number of nitrogens with two attached hydrogens (primary N) is 1. The van der Waals surface area contributed by atoms with Crippen molar-refractivity contribution in [2.24, 2.45) is 5.16 Å². The Morgan fingerprint density at radius 2 is 1.87 bits per heavy atom. The van der Waals surface area contributed by atoms with Crippen LogP contribution in [0.3, 0.4) is 0 Å². The number of carboxylic acids is 1. The number of aromatic nitrogens is 2. The van der Waals surface area contributed by atoms with Crippen LogP contribution >= 0.6 is 11.3 Å². The molecule has 1 aliphatic carbocycles. The van der Waals surface area contributed by atoms with Crippen LogP contribution in [0.1, 0.15) is 41.0 Å². The van der Waals surface area contributed by atoms with Gasteiger partial charge in [0, 0.05) is 36.4 Å². The van der Waals surface area contributed by atoms with Crippen LogP contribution in [0.5, 0.6) is 5.75 Å². The SMILES string of the molecule is Nc1nc(/C(=N/OC2(C(=O)O)CCC2)C(=O)N[C@@H]2C(=O)N(S(=O)(=O)O)[C@@H]2CNC(=O)c2cccc(S(=O)(=O)NCc3cc(=O)c(O)cn3O)c2)cs1. The number of nitrogens with zero attached hydrogens (tertiary/aromatic N) is 4. The van der Waals surface area contributed by atoms with E-state index in [0.29, 0.717) is 17.3 Å². The van der Waals surface area contributed by atoms with E-state index in [9.17, 15) is 60.8 Å². The van der Waals surface area contributed by atoms with Crippen molar-refractivity contribution in [3.05, 3.63) is 69.1 Å². The quantitative estimate of drug-likeness (QED) is 0.0287. The molecule has 1 aliphatic heterocycles. The number of carbonyl (C=O) groups excluding carboxylic acids is 3. The molecule has 0 bridgehead atoms. The summed E-state index contributed by atoms with van der Waals surface area (Å²) in [6.45, 7) is -1.32. The zero-order valence-electron chi connectivity index (χ0n) is 26.2. The maximum atomic E-state index is 13.4. The Hall–Kier alpha value is -5.63. The Balaban J connectivity index is 1.31. The lowest BCUT2D eigenvalue weighted by Crippen LogP contribution is -2.74. The van der Waals surface area contributed by atoms with Gasteiger partial charge in [-0.25, -0.2) is 27.2 Å². The van der Waals surface area contributed by atoms with Crippen LogP contribution in [0.4, 0.5) is 5.13 Å². The van der Waals surface area contributed by atoms with Crippen molar-refractivity contribution in [3.63, 3.8) is 0 Å². The van der Waals surface area contributed by atoms with Crippen LogP contribution in [-0.4, -0.2) is 104 Å². The number of carbonyl (C=O) groups is 4. The van der Waals surface area contributed by atoms with E-state index in [0.717, 1.165) is 29.5 Å². The van der Waals surface area contributed by atoms with E-state index in [1.807, 2.05) is 0 Å². The number of anilines is 1. The molecule has 22 nitrogen and oxygen atoms in total. The van der Waals surface area contributed by atoms with Crippen LogP contribution in [0.25, 0.3) is 0 Å². The van der Waals surface area contributed by atoms with Crippen molar-refractivity contribution in [1.29, 1.82) is 0 Å². The maximum absolute atomic E-state index is 13.4.